The van der Waals surface area contributed by atoms with Gasteiger partial charge >= 0.3 is 6.18 Å². The first-order valence-corrected chi connectivity index (χ1v) is 6.22. The van der Waals surface area contributed by atoms with E-state index in [9.17, 15) is 13.2 Å². The second-order valence-corrected chi connectivity index (χ2v) is 4.42. The molecule has 2 rings (SSSR count). The second-order valence-electron chi connectivity index (χ2n) is 4.02. The maximum atomic E-state index is 12.7. The van der Waals surface area contributed by atoms with Crippen LogP contribution in [-0.2, 0) is 6.18 Å². The van der Waals surface area contributed by atoms with Crippen LogP contribution in [0.4, 0.5) is 19.0 Å². The minimum atomic E-state index is -4.35. The number of nitrogens with zero attached hydrogens (tertiary/aromatic N) is 1. The van der Waals surface area contributed by atoms with Gasteiger partial charge in [0.15, 0.2) is 0 Å². The molecule has 0 bridgehead atoms. The molecule has 0 aliphatic carbocycles. The Kier molecular flexibility index (Phi) is 3.80. The van der Waals surface area contributed by atoms with Crippen LogP contribution in [-0.4, -0.2) is 4.98 Å². The Morgan fingerprint density at radius 3 is 2.58 bits per heavy atom. The van der Waals surface area contributed by atoms with Crippen molar-refractivity contribution in [1.29, 1.82) is 0 Å². The lowest BCUT2D eigenvalue weighted by molar-refractivity contribution is -0.137. The predicted octanol–water partition coefficient (Wildman–Crippen LogP) is 4.80. The molecule has 1 aromatic carbocycles. The number of aromatic nitrogens is 1. The van der Waals surface area contributed by atoms with Crippen LogP contribution in [0.5, 0.6) is 0 Å². The molecule has 1 N–H and O–H groups in total. The smallest absolute Gasteiger partial charge is 0.306 e. The predicted molar refractivity (Wildman–Crippen MR) is 72.0 cm³/mol. The highest BCUT2D eigenvalue weighted by Gasteiger charge is 2.30. The molecule has 6 heteroatoms. The number of aryl methyl sites for hydroxylation is 1. The van der Waals surface area contributed by atoms with Crippen LogP contribution >= 0.6 is 16.1 Å². The molecule has 19 heavy (non-hydrogen) atoms. The Morgan fingerprint density at radius 1 is 1.21 bits per heavy atom. The third-order valence-electron chi connectivity index (χ3n) is 2.73. The van der Waals surface area contributed by atoms with Gasteiger partial charge in [0, 0.05) is 27.9 Å². The average molecular weight is 331 g/mol. The Morgan fingerprint density at radius 2 is 1.95 bits per heavy atom. The summed E-state index contributed by atoms with van der Waals surface area (Å²) < 4.78 is 40.9. The topological polar surface area (TPSA) is 24.9 Å². The maximum Gasteiger partial charge on any atom is 0.416 e. The molecular formula is C13H10BrF3N2. The Hall–Kier alpha value is -1.56. The fraction of sp³-hybridized carbons (Fsp3) is 0.154. The number of hydrogen-bond acceptors (Lipinski definition) is 2. The maximum absolute atomic E-state index is 12.7. The first kappa shape index (κ1) is 13.9. The van der Waals surface area contributed by atoms with Gasteiger partial charge in [-0.3, -0.25) is 0 Å². The van der Waals surface area contributed by atoms with Crippen molar-refractivity contribution >= 4 is 22.0 Å². The van der Waals surface area contributed by atoms with Crippen LogP contribution in [0.2, 0.25) is 0 Å². The van der Waals surface area contributed by atoms with E-state index in [0.29, 0.717) is 16.9 Å². The van der Waals surface area contributed by atoms with Crippen molar-refractivity contribution in [3.63, 3.8) is 0 Å². The van der Waals surface area contributed by atoms with Gasteiger partial charge in [0.05, 0.1) is 5.56 Å². The molecule has 0 saturated heterocycles. The summed E-state index contributed by atoms with van der Waals surface area (Å²) in [6.07, 6.45) is -2.76. The molecule has 2 nitrogen and oxygen atoms in total. The quantitative estimate of drug-likeness (QED) is 0.800. The van der Waals surface area contributed by atoms with E-state index in [1.165, 1.54) is 6.07 Å². The lowest BCUT2D eigenvalue weighted by Gasteiger charge is -2.13. The summed E-state index contributed by atoms with van der Waals surface area (Å²) in [7, 11) is 0. The fourth-order valence-electron chi connectivity index (χ4n) is 1.85. The highest BCUT2D eigenvalue weighted by Crippen LogP contribution is 2.35. The van der Waals surface area contributed by atoms with Crippen LogP contribution in [0.15, 0.2) is 36.5 Å². The molecule has 0 amide bonds. The molecule has 0 aliphatic heterocycles. The zero-order chi connectivity index (χ0) is 14.0. The van der Waals surface area contributed by atoms with Crippen molar-refractivity contribution in [2.75, 3.05) is 4.34 Å². The summed E-state index contributed by atoms with van der Waals surface area (Å²) in [4.78, 5) is 4.09. The van der Waals surface area contributed by atoms with Crippen LogP contribution in [0.25, 0.3) is 11.1 Å². The Bertz CT molecular complexity index is 597. The molecule has 1 heterocycles. The van der Waals surface area contributed by atoms with Crippen molar-refractivity contribution < 1.29 is 13.2 Å². The molecule has 0 spiro atoms. The third kappa shape index (κ3) is 2.89. The van der Waals surface area contributed by atoms with Crippen LogP contribution < -0.4 is 4.34 Å². The van der Waals surface area contributed by atoms with Gasteiger partial charge < -0.3 is 4.34 Å². The number of pyridine rings is 1. The SMILES string of the molecule is Cc1ccnc(NBr)c1-c1cccc(C(F)(F)F)c1. The number of rotatable bonds is 2. The van der Waals surface area contributed by atoms with Gasteiger partial charge in [-0.2, -0.15) is 13.2 Å². The van der Waals surface area contributed by atoms with E-state index in [4.69, 9.17) is 0 Å². The molecule has 0 radical (unpaired) electrons. The molecule has 0 atom stereocenters. The average Bonchev–Trinajstić information content (AvgIpc) is 2.37. The number of benzene rings is 1. The summed E-state index contributed by atoms with van der Waals surface area (Å²) >= 11 is 3.06. The Balaban J connectivity index is 2.60. The second kappa shape index (κ2) is 5.21. The van der Waals surface area contributed by atoms with Gasteiger partial charge in [-0.15, -0.1) is 0 Å². The van der Waals surface area contributed by atoms with E-state index in [1.807, 2.05) is 6.92 Å². The van der Waals surface area contributed by atoms with Gasteiger partial charge in [0.25, 0.3) is 0 Å². The summed E-state index contributed by atoms with van der Waals surface area (Å²) in [5, 5.41) is 0. The van der Waals surface area contributed by atoms with E-state index in [-0.39, 0.29) is 0 Å². The zero-order valence-corrected chi connectivity index (χ0v) is 11.5. The minimum Gasteiger partial charge on any atom is -0.306 e. The molecule has 0 unspecified atom stereocenters. The number of alkyl halides is 3. The highest BCUT2D eigenvalue weighted by atomic mass is 79.9. The van der Waals surface area contributed by atoms with Crippen LogP contribution in [0.3, 0.4) is 0 Å². The van der Waals surface area contributed by atoms with Gasteiger partial charge in [0.1, 0.15) is 5.82 Å². The first-order valence-electron chi connectivity index (χ1n) is 5.43. The molecule has 0 fully saturated rings. The van der Waals surface area contributed by atoms with E-state index in [1.54, 1.807) is 18.3 Å². The van der Waals surface area contributed by atoms with Gasteiger partial charge in [-0.05, 0) is 36.2 Å². The largest absolute Gasteiger partial charge is 0.416 e. The number of hydrogen-bond donors (Lipinski definition) is 1. The van der Waals surface area contributed by atoms with E-state index in [0.717, 1.165) is 17.7 Å². The molecule has 0 aliphatic rings. The monoisotopic (exact) mass is 330 g/mol. The molecule has 100 valence electrons. The number of halogens is 4. The summed E-state index contributed by atoms with van der Waals surface area (Å²) in [5.74, 6) is 0.485. The van der Waals surface area contributed by atoms with Crippen molar-refractivity contribution in [1.82, 2.24) is 4.98 Å². The van der Waals surface area contributed by atoms with Crippen molar-refractivity contribution in [2.45, 2.75) is 13.1 Å². The number of anilines is 1. The van der Waals surface area contributed by atoms with Gasteiger partial charge in [-0.25, -0.2) is 4.98 Å². The Labute approximate surface area is 117 Å². The lowest BCUT2D eigenvalue weighted by atomic mass is 10.00. The van der Waals surface area contributed by atoms with Gasteiger partial charge in [0.2, 0.25) is 0 Å². The summed E-state index contributed by atoms with van der Waals surface area (Å²) in [5.41, 5.74) is 1.29. The summed E-state index contributed by atoms with van der Waals surface area (Å²) in [6.45, 7) is 1.82. The van der Waals surface area contributed by atoms with Gasteiger partial charge in [-0.1, -0.05) is 12.1 Å². The lowest BCUT2D eigenvalue weighted by Crippen LogP contribution is -2.05. The number of nitrogens with one attached hydrogen (secondary N) is 1. The molecule has 0 saturated carbocycles. The van der Waals surface area contributed by atoms with E-state index in [2.05, 4.69) is 25.5 Å². The van der Waals surface area contributed by atoms with E-state index < -0.39 is 11.7 Å². The van der Waals surface area contributed by atoms with Crippen LogP contribution in [0.1, 0.15) is 11.1 Å². The minimum absolute atomic E-state index is 0.474. The first-order chi connectivity index (χ1) is 8.93. The normalized spacial score (nSPS) is 11.4. The van der Waals surface area contributed by atoms with Crippen molar-refractivity contribution in [3.8, 4) is 11.1 Å². The molecule has 2 aromatic rings. The van der Waals surface area contributed by atoms with Crippen molar-refractivity contribution in [3.05, 3.63) is 47.7 Å². The fourth-order valence-corrected chi connectivity index (χ4v) is 2.15. The standard InChI is InChI=1S/C13H10BrF3N2/c1-8-5-6-18-12(19-14)11(8)9-3-2-4-10(7-9)13(15,16)17/h2-7H,1H3,(H,18,19). The molecular weight excluding hydrogens is 321 g/mol. The van der Waals surface area contributed by atoms with Crippen molar-refractivity contribution in [2.24, 2.45) is 0 Å². The summed E-state index contributed by atoms with van der Waals surface area (Å²) in [6, 6.07) is 6.95. The highest BCUT2D eigenvalue weighted by molar-refractivity contribution is 9.10. The third-order valence-corrected chi connectivity index (χ3v) is 3.10. The van der Waals surface area contributed by atoms with E-state index >= 15 is 0 Å². The van der Waals surface area contributed by atoms with Crippen LogP contribution in [0, 0.1) is 6.92 Å². The zero-order valence-electron chi connectivity index (χ0n) is 9.92. The molecule has 1 aromatic heterocycles.